The van der Waals surface area contributed by atoms with Crippen LogP contribution in [0.3, 0.4) is 0 Å². The highest BCUT2D eigenvalue weighted by molar-refractivity contribution is 6.29. The highest BCUT2D eigenvalue weighted by atomic mass is 35.5. The van der Waals surface area contributed by atoms with E-state index in [1.54, 1.807) is 12.1 Å². The van der Waals surface area contributed by atoms with Gasteiger partial charge in [-0.05, 0) is 12.1 Å². The monoisotopic (exact) mass is 170 g/mol. The molecule has 0 fully saturated rings. The third-order valence-electron chi connectivity index (χ3n) is 1.20. The number of halogens is 1. The molecule has 0 saturated heterocycles. The number of aliphatic hydroxyl groups is 1. The predicted molar refractivity (Wildman–Crippen MR) is 44.0 cm³/mol. The molecule has 1 aromatic heterocycles. The van der Waals surface area contributed by atoms with Gasteiger partial charge in [0.1, 0.15) is 11.4 Å². The molecule has 0 saturated carbocycles. The first-order valence-corrected chi connectivity index (χ1v) is 3.33. The van der Waals surface area contributed by atoms with Crippen molar-refractivity contribution >= 4 is 17.3 Å². The fourth-order valence-corrected chi connectivity index (χ4v) is 0.733. The number of nitrogens with two attached hydrogens (primary N) is 1. The largest absolute Gasteiger partial charge is 0.513 e. The summed E-state index contributed by atoms with van der Waals surface area (Å²) in [4.78, 5) is 3.78. The Kier molecular flexibility index (Phi) is 2.33. The van der Waals surface area contributed by atoms with Gasteiger partial charge >= 0.3 is 0 Å². The highest BCUT2D eigenvalue weighted by Crippen LogP contribution is 2.09. The van der Waals surface area contributed by atoms with Crippen molar-refractivity contribution in [1.29, 1.82) is 0 Å². The number of aromatic nitrogens is 1. The van der Waals surface area contributed by atoms with Crippen molar-refractivity contribution in [3.8, 4) is 0 Å². The first-order chi connectivity index (χ1) is 5.24. The van der Waals surface area contributed by atoms with Crippen molar-refractivity contribution < 1.29 is 5.11 Å². The topological polar surface area (TPSA) is 59.1 Å². The van der Waals surface area contributed by atoms with Crippen LogP contribution < -0.4 is 5.73 Å². The zero-order chi connectivity index (χ0) is 8.27. The lowest BCUT2D eigenvalue weighted by Crippen LogP contribution is -1.96. The van der Waals surface area contributed by atoms with Gasteiger partial charge in [-0.2, -0.15) is 0 Å². The summed E-state index contributed by atoms with van der Waals surface area (Å²) in [6.07, 6.45) is 2.31. The molecule has 0 unspecified atom stereocenters. The standard InChI is InChI=1S/C7H7ClN2O/c8-7-2-1-5(3-10-7)6(9)4-11/h1-4,11H,9H2/b6-4-. The van der Waals surface area contributed by atoms with Crippen LogP contribution in [-0.4, -0.2) is 10.1 Å². The van der Waals surface area contributed by atoms with Gasteiger partial charge in [-0.15, -0.1) is 0 Å². The molecule has 0 bridgehead atoms. The molecule has 0 aliphatic carbocycles. The number of pyridine rings is 1. The smallest absolute Gasteiger partial charge is 0.129 e. The van der Waals surface area contributed by atoms with Crippen LogP contribution in [-0.2, 0) is 0 Å². The predicted octanol–water partition coefficient (Wildman–Crippen LogP) is 1.55. The van der Waals surface area contributed by atoms with Crippen LogP contribution in [0.2, 0.25) is 5.15 Å². The van der Waals surface area contributed by atoms with E-state index in [2.05, 4.69) is 4.98 Å². The zero-order valence-electron chi connectivity index (χ0n) is 5.66. The van der Waals surface area contributed by atoms with Crippen LogP contribution in [0.25, 0.3) is 5.70 Å². The molecule has 1 heterocycles. The van der Waals surface area contributed by atoms with Crippen molar-refractivity contribution in [2.24, 2.45) is 5.73 Å². The minimum Gasteiger partial charge on any atom is -0.513 e. The Labute approximate surface area is 69.1 Å². The van der Waals surface area contributed by atoms with Crippen LogP contribution >= 0.6 is 11.6 Å². The summed E-state index contributed by atoms with van der Waals surface area (Å²) >= 11 is 5.53. The third-order valence-corrected chi connectivity index (χ3v) is 1.42. The fraction of sp³-hybridized carbons (Fsp3) is 0. The van der Waals surface area contributed by atoms with Gasteiger partial charge in [-0.25, -0.2) is 4.98 Å². The number of rotatable bonds is 1. The Morgan fingerprint density at radius 2 is 2.36 bits per heavy atom. The SMILES string of the molecule is N/C(=C\O)c1ccc(Cl)nc1. The van der Waals surface area contributed by atoms with Crippen LogP contribution in [0.4, 0.5) is 0 Å². The minimum absolute atomic E-state index is 0.272. The first-order valence-electron chi connectivity index (χ1n) is 2.96. The second kappa shape index (κ2) is 3.25. The van der Waals surface area contributed by atoms with Gasteiger partial charge in [-0.1, -0.05) is 11.6 Å². The van der Waals surface area contributed by atoms with Gasteiger partial charge in [0.15, 0.2) is 0 Å². The number of hydrogen-bond donors (Lipinski definition) is 2. The van der Waals surface area contributed by atoms with E-state index in [1.165, 1.54) is 6.20 Å². The lowest BCUT2D eigenvalue weighted by Gasteiger charge is -1.97. The van der Waals surface area contributed by atoms with Crippen molar-refractivity contribution in [3.05, 3.63) is 35.3 Å². The van der Waals surface area contributed by atoms with Crippen LogP contribution in [0.15, 0.2) is 24.6 Å². The van der Waals surface area contributed by atoms with Gasteiger partial charge in [-0.3, -0.25) is 0 Å². The second-order valence-corrected chi connectivity index (χ2v) is 2.34. The molecule has 3 N–H and O–H groups in total. The van der Waals surface area contributed by atoms with Crippen LogP contribution in [0.5, 0.6) is 0 Å². The van der Waals surface area contributed by atoms with E-state index in [-0.39, 0.29) is 5.70 Å². The molecule has 11 heavy (non-hydrogen) atoms. The summed E-state index contributed by atoms with van der Waals surface area (Å²) in [6.45, 7) is 0. The minimum atomic E-state index is 0.272. The van der Waals surface area contributed by atoms with E-state index in [1.807, 2.05) is 0 Å². The molecule has 0 aliphatic rings. The Bertz CT molecular complexity index is 268. The van der Waals surface area contributed by atoms with Gasteiger partial charge in [0.05, 0.1) is 5.70 Å². The molecule has 1 aromatic rings. The van der Waals surface area contributed by atoms with Crippen molar-refractivity contribution in [3.63, 3.8) is 0 Å². The van der Waals surface area contributed by atoms with E-state index >= 15 is 0 Å². The molecule has 0 amide bonds. The maximum absolute atomic E-state index is 8.51. The summed E-state index contributed by atoms with van der Waals surface area (Å²) < 4.78 is 0. The number of nitrogens with zero attached hydrogens (tertiary/aromatic N) is 1. The molecular weight excluding hydrogens is 164 g/mol. The van der Waals surface area contributed by atoms with E-state index < -0.39 is 0 Å². The average molecular weight is 171 g/mol. The molecule has 0 aliphatic heterocycles. The van der Waals surface area contributed by atoms with Gasteiger partial charge < -0.3 is 10.8 Å². The van der Waals surface area contributed by atoms with Crippen molar-refractivity contribution in [2.45, 2.75) is 0 Å². The maximum Gasteiger partial charge on any atom is 0.129 e. The summed E-state index contributed by atoms with van der Waals surface area (Å²) in [5, 5.41) is 8.91. The Balaban J connectivity index is 2.99. The maximum atomic E-state index is 8.51. The molecule has 0 atom stereocenters. The average Bonchev–Trinajstić information content (AvgIpc) is 2.05. The Morgan fingerprint density at radius 1 is 1.64 bits per heavy atom. The number of hydrogen-bond acceptors (Lipinski definition) is 3. The van der Waals surface area contributed by atoms with E-state index in [9.17, 15) is 0 Å². The van der Waals surface area contributed by atoms with Gasteiger partial charge in [0.2, 0.25) is 0 Å². The zero-order valence-corrected chi connectivity index (χ0v) is 6.42. The fourth-order valence-electron chi connectivity index (χ4n) is 0.621. The molecule has 1 rings (SSSR count). The molecule has 0 aromatic carbocycles. The molecular formula is C7H7ClN2O. The Hall–Kier alpha value is -1.22. The molecule has 0 spiro atoms. The molecule has 4 heteroatoms. The van der Waals surface area contributed by atoms with Crippen molar-refractivity contribution in [1.82, 2.24) is 4.98 Å². The van der Waals surface area contributed by atoms with Crippen LogP contribution in [0.1, 0.15) is 5.56 Å². The van der Waals surface area contributed by atoms with E-state index in [0.29, 0.717) is 10.7 Å². The molecule has 58 valence electrons. The summed E-state index contributed by atoms with van der Waals surface area (Å²) in [5.41, 5.74) is 6.29. The van der Waals surface area contributed by atoms with E-state index in [0.717, 1.165) is 6.26 Å². The van der Waals surface area contributed by atoms with Crippen LogP contribution in [0, 0.1) is 0 Å². The lowest BCUT2D eigenvalue weighted by molar-refractivity contribution is 0.475. The number of aliphatic hydroxyl groups excluding tert-OH is 1. The van der Waals surface area contributed by atoms with E-state index in [4.69, 9.17) is 22.4 Å². The normalized spacial score (nSPS) is 11.5. The Morgan fingerprint density at radius 3 is 2.82 bits per heavy atom. The van der Waals surface area contributed by atoms with Crippen molar-refractivity contribution in [2.75, 3.05) is 0 Å². The lowest BCUT2D eigenvalue weighted by atomic mass is 10.2. The second-order valence-electron chi connectivity index (χ2n) is 1.95. The molecule has 0 radical (unpaired) electrons. The van der Waals surface area contributed by atoms with Gasteiger partial charge in [0.25, 0.3) is 0 Å². The summed E-state index contributed by atoms with van der Waals surface area (Å²) in [5.74, 6) is 0. The molecule has 3 nitrogen and oxygen atoms in total. The van der Waals surface area contributed by atoms with Gasteiger partial charge in [0, 0.05) is 11.8 Å². The third kappa shape index (κ3) is 1.85. The highest BCUT2D eigenvalue weighted by Gasteiger charge is 1.95. The summed E-state index contributed by atoms with van der Waals surface area (Å²) in [7, 11) is 0. The first kappa shape index (κ1) is 7.88. The quantitative estimate of drug-likeness (QED) is 0.497. The summed E-state index contributed by atoms with van der Waals surface area (Å²) in [6, 6.07) is 3.28.